The molecule has 0 atom stereocenters. The maximum absolute atomic E-state index is 11.7. The fraction of sp³-hybridized carbons (Fsp3) is 0.333. The number of hydrogen-bond donors (Lipinski definition) is 1. The van der Waals surface area contributed by atoms with Crippen molar-refractivity contribution in [2.75, 3.05) is 11.9 Å². The quantitative estimate of drug-likeness (QED) is 0.881. The highest BCUT2D eigenvalue weighted by Crippen LogP contribution is 2.09. The highest BCUT2D eigenvalue weighted by atomic mass is 32.1. The molecule has 2 rings (SSSR count). The molecule has 0 spiro atoms. The van der Waals surface area contributed by atoms with Gasteiger partial charge in [-0.05, 0) is 18.4 Å². The lowest BCUT2D eigenvalue weighted by molar-refractivity contribution is 0.581. The first kappa shape index (κ1) is 11.9. The number of nitrogens with one attached hydrogen (secondary N) is 1. The number of thiophene rings is 1. The summed E-state index contributed by atoms with van der Waals surface area (Å²) in [7, 11) is 0. The fourth-order valence-electron chi connectivity index (χ4n) is 1.57. The van der Waals surface area contributed by atoms with Gasteiger partial charge < -0.3 is 5.32 Å². The Morgan fingerprint density at radius 3 is 3.06 bits per heavy atom. The van der Waals surface area contributed by atoms with Gasteiger partial charge in [0.05, 0.1) is 11.9 Å². The number of aromatic nitrogens is 2. The van der Waals surface area contributed by atoms with Gasteiger partial charge in [0, 0.05) is 30.5 Å². The van der Waals surface area contributed by atoms with Gasteiger partial charge in [-0.1, -0.05) is 6.07 Å². The molecule has 0 aliphatic rings. The van der Waals surface area contributed by atoms with Gasteiger partial charge >= 0.3 is 0 Å². The lowest BCUT2D eigenvalue weighted by Crippen LogP contribution is -2.23. The first-order chi connectivity index (χ1) is 8.29. The van der Waals surface area contributed by atoms with Crippen LogP contribution in [0.3, 0.4) is 0 Å². The minimum Gasteiger partial charge on any atom is -0.384 e. The minimum atomic E-state index is -0.0555. The van der Waals surface area contributed by atoms with E-state index >= 15 is 0 Å². The van der Waals surface area contributed by atoms with Crippen molar-refractivity contribution in [3.63, 3.8) is 0 Å². The van der Waals surface area contributed by atoms with E-state index in [-0.39, 0.29) is 5.56 Å². The molecular formula is C12H15N3OS. The molecule has 0 bridgehead atoms. The van der Waals surface area contributed by atoms with Gasteiger partial charge in [0.15, 0.2) is 0 Å². The number of hydrogen-bond acceptors (Lipinski definition) is 4. The smallest absolute Gasteiger partial charge is 0.268 e. The van der Waals surface area contributed by atoms with E-state index in [0.29, 0.717) is 6.54 Å². The van der Waals surface area contributed by atoms with Crippen molar-refractivity contribution >= 4 is 17.0 Å². The molecule has 2 aromatic rings. The highest BCUT2D eigenvalue weighted by Gasteiger charge is 2.00. The molecule has 2 aromatic heterocycles. The summed E-state index contributed by atoms with van der Waals surface area (Å²) in [6, 6.07) is 5.68. The third-order valence-corrected chi connectivity index (χ3v) is 3.34. The van der Waals surface area contributed by atoms with Crippen LogP contribution in [0.5, 0.6) is 0 Å². The molecule has 0 unspecified atom stereocenters. The molecule has 0 aliphatic heterocycles. The summed E-state index contributed by atoms with van der Waals surface area (Å²) in [6.07, 6.45) is 2.55. The first-order valence-electron chi connectivity index (χ1n) is 5.63. The molecule has 0 aromatic carbocycles. The van der Waals surface area contributed by atoms with Crippen molar-refractivity contribution in [2.45, 2.75) is 19.9 Å². The SMILES string of the molecule is CCNc1cnn(CCc2cccs2)c(=O)c1. The van der Waals surface area contributed by atoms with E-state index < -0.39 is 0 Å². The van der Waals surface area contributed by atoms with E-state index in [1.165, 1.54) is 9.56 Å². The number of rotatable bonds is 5. The Hall–Kier alpha value is -1.62. The second-order valence-corrected chi connectivity index (χ2v) is 4.70. The van der Waals surface area contributed by atoms with Gasteiger partial charge in [-0.15, -0.1) is 11.3 Å². The largest absolute Gasteiger partial charge is 0.384 e. The lowest BCUT2D eigenvalue weighted by atomic mass is 10.3. The molecule has 0 fully saturated rings. The number of anilines is 1. The van der Waals surface area contributed by atoms with Crippen molar-refractivity contribution < 1.29 is 0 Å². The molecule has 0 radical (unpaired) electrons. The molecule has 2 heterocycles. The minimum absolute atomic E-state index is 0.0555. The topological polar surface area (TPSA) is 46.9 Å². The van der Waals surface area contributed by atoms with Crippen molar-refractivity contribution in [1.29, 1.82) is 0 Å². The summed E-state index contributed by atoms with van der Waals surface area (Å²) in [5.41, 5.74) is 0.727. The zero-order valence-corrected chi connectivity index (χ0v) is 10.5. The molecule has 5 heteroatoms. The van der Waals surface area contributed by atoms with Gasteiger partial charge in [-0.25, -0.2) is 4.68 Å². The summed E-state index contributed by atoms with van der Waals surface area (Å²) >= 11 is 1.70. The molecule has 0 aliphatic carbocycles. The van der Waals surface area contributed by atoms with Crippen molar-refractivity contribution in [3.05, 3.63) is 45.0 Å². The summed E-state index contributed by atoms with van der Waals surface area (Å²) < 4.78 is 1.50. The van der Waals surface area contributed by atoms with E-state index in [9.17, 15) is 4.79 Å². The van der Waals surface area contributed by atoms with E-state index in [2.05, 4.69) is 16.5 Å². The summed E-state index contributed by atoms with van der Waals surface area (Å²) in [6.45, 7) is 3.41. The van der Waals surface area contributed by atoms with Crippen LogP contribution in [0.1, 0.15) is 11.8 Å². The zero-order chi connectivity index (χ0) is 12.1. The lowest BCUT2D eigenvalue weighted by Gasteiger charge is -2.05. The van der Waals surface area contributed by atoms with Crippen LogP contribution in [0, 0.1) is 0 Å². The summed E-state index contributed by atoms with van der Waals surface area (Å²) in [5, 5.41) is 9.26. The number of aryl methyl sites for hydroxylation is 2. The predicted molar refractivity (Wildman–Crippen MR) is 70.7 cm³/mol. The Morgan fingerprint density at radius 2 is 2.41 bits per heavy atom. The molecule has 17 heavy (non-hydrogen) atoms. The van der Waals surface area contributed by atoms with E-state index in [1.807, 2.05) is 18.4 Å². The Morgan fingerprint density at radius 1 is 1.53 bits per heavy atom. The summed E-state index contributed by atoms with van der Waals surface area (Å²) in [4.78, 5) is 13.0. The van der Waals surface area contributed by atoms with Crippen LogP contribution < -0.4 is 10.9 Å². The molecular weight excluding hydrogens is 234 g/mol. The van der Waals surface area contributed by atoms with Crippen LogP contribution >= 0.6 is 11.3 Å². The molecule has 4 nitrogen and oxygen atoms in total. The van der Waals surface area contributed by atoms with Crippen LogP contribution in [0.15, 0.2) is 34.6 Å². The Kier molecular flexibility index (Phi) is 3.93. The van der Waals surface area contributed by atoms with Crippen molar-refractivity contribution in [2.24, 2.45) is 0 Å². The van der Waals surface area contributed by atoms with Crippen LogP contribution in [0.4, 0.5) is 5.69 Å². The van der Waals surface area contributed by atoms with Gasteiger partial charge in [-0.3, -0.25) is 4.79 Å². The van der Waals surface area contributed by atoms with Crippen LogP contribution in [0.25, 0.3) is 0 Å². The molecule has 0 saturated carbocycles. The van der Waals surface area contributed by atoms with Crippen LogP contribution in [-0.2, 0) is 13.0 Å². The predicted octanol–water partition coefficient (Wildman–Crippen LogP) is 1.98. The third-order valence-electron chi connectivity index (χ3n) is 2.40. The molecule has 90 valence electrons. The average Bonchev–Trinajstić information content (AvgIpc) is 2.81. The second-order valence-electron chi connectivity index (χ2n) is 3.67. The fourth-order valence-corrected chi connectivity index (χ4v) is 2.27. The molecule has 1 N–H and O–H groups in total. The maximum Gasteiger partial charge on any atom is 0.268 e. The maximum atomic E-state index is 11.7. The molecule has 0 amide bonds. The third kappa shape index (κ3) is 3.17. The van der Waals surface area contributed by atoms with E-state index in [0.717, 1.165) is 18.7 Å². The second kappa shape index (κ2) is 5.63. The summed E-state index contributed by atoms with van der Waals surface area (Å²) in [5.74, 6) is 0. The standard InChI is InChI=1S/C12H15N3OS/c1-2-13-10-8-12(16)15(14-9-10)6-5-11-4-3-7-17-11/h3-4,7-9,13H,2,5-6H2,1H3. The van der Waals surface area contributed by atoms with Gasteiger partial charge in [0.1, 0.15) is 0 Å². The first-order valence-corrected chi connectivity index (χ1v) is 6.51. The van der Waals surface area contributed by atoms with Crippen molar-refractivity contribution in [1.82, 2.24) is 9.78 Å². The highest BCUT2D eigenvalue weighted by molar-refractivity contribution is 7.09. The normalized spacial score (nSPS) is 10.4. The molecule has 0 saturated heterocycles. The monoisotopic (exact) mass is 249 g/mol. The Balaban J connectivity index is 2.04. The van der Waals surface area contributed by atoms with Crippen LogP contribution in [-0.4, -0.2) is 16.3 Å². The van der Waals surface area contributed by atoms with E-state index in [4.69, 9.17) is 0 Å². The Labute approximate surface area is 104 Å². The van der Waals surface area contributed by atoms with Gasteiger partial charge in [-0.2, -0.15) is 5.10 Å². The van der Waals surface area contributed by atoms with Gasteiger partial charge in [0.2, 0.25) is 0 Å². The van der Waals surface area contributed by atoms with Crippen molar-refractivity contribution in [3.8, 4) is 0 Å². The van der Waals surface area contributed by atoms with Crippen LogP contribution in [0.2, 0.25) is 0 Å². The zero-order valence-electron chi connectivity index (χ0n) is 9.72. The number of nitrogens with zero attached hydrogens (tertiary/aromatic N) is 2. The van der Waals surface area contributed by atoms with E-state index in [1.54, 1.807) is 23.6 Å². The average molecular weight is 249 g/mol. The Bertz CT molecular complexity index is 519. The van der Waals surface area contributed by atoms with Gasteiger partial charge in [0.25, 0.3) is 5.56 Å².